The van der Waals surface area contributed by atoms with Gasteiger partial charge in [0.2, 0.25) is 0 Å². The topological polar surface area (TPSA) is 66.1 Å². The van der Waals surface area contributed by atoms with Crippen molar-refractivity contribution in [1.29, 1.82) is 0 Å². The van der Waals surface area contributed by atoms with Crippen LogP contribution >= 0.6 is 24.0 Å². The van der Waals surface area contributed by atoms with Crippen LogP contribution in [0.15, 0.2) is 4.99 Å². The highest BCUT2D eigenvalue weighted by molar-refractivity contribution is 14.0. The van der Waals surface area contributed by atoms with Gasteiger partial charge in [-0.2, -0.15) is 0 Å². The van der Waals surface area contributed by atoms with Crippen molar-refractivity contribution in [2.45, 2.75) is 25.9 Å². The van der Waals surface area contributed by atoms with Crippen LogP contribution in [0.25, 0.3) is 0 Å². The number of hydrogen-bond acceptors (Lipinski definition) is 4. The van der Waals surface area contributed by atoms with Gasteiger partial charge in [-0.25, -0.2) is 0 Å². The third kappa shape index (κ3) is 7.61. The number of hydrogen-bond donors (Lipinski definition) is 2. The van der Waals surface area contributed by atoms with Crippen LogP contribution in [-0.2, 0) is 4.74 Å². The number of guanidine groups is 1. The summed E-state index contributed by atoms with van der Waals surface area (Å²) in [7, 11) is 3.85. The van der Waals surface area contributed by atoms with E-state index in [1.54, 1.807) is 7.11 Å². The van der Waals surface area contributed by atoms with Crippen molar-refractivity contribution in [1.82, 2.24) is 15.1 Å². The van der Waals surface area contributed by atoms with E-state index in [1.807, 2.05) is 6.92 Å². The second-order valence-corrected chi connectivity index (χ2v) is 5.41. The lowest BCUT2D eigenvalue weighted by Crippen LogP contribution is -2.49. The molecule has 0 saturated carbocycles. The highest BCUT2D eigenvalue weighted by Gasteiger charge is 2.18. The van der Waals surface area contributed by atoms with Gasteiger partial charge in [0.15, 0.2) is 5.96 Å². The van der Waals surface area contributed by atoms with Crippen molar-refractivity contribution in [3.63, 3.8) is 0 Å². The fraction of sp³-hybridized carbons (Fsp3) is 0.923. The van der Waals surface area contributed by atoms with Crippen molar-refractivity contribution in [2.24, 2.45) is 10.7 Å². The van der Waals surface area contributed by atoms with Crippen molar-refractivity contribution < 1.29 is 4.74 Å². The summed E-state index contributed by atoms with van der Waals surface area (Å²) in [6, 6.07) is 0.625. The van der Waals surface area contributed by atoms with Crippen molar-refractivity contribution in [3.05, 3.63) is 0 Å². The summed E-state index contributed by atoms with van der Waals surface area (Å²) in [4.78, 5) is 9.24. The number of piperazine rings is 1. The summed E-state index contributed by atoms with van der Waals surface area (Å²) >= 11 is 0. The molecule has 0 bridgehead atoms. The van der Waals surface area contributed by atoms with Crippen LogP contribution in [0.1, 0.15) is 13.8 Å². The van der Waals surface area contributed by atoms with Gasteiger partial charge in [0.05, 0.1) is 13.2 Å². The van der Waals surface area contributed by atoms with Crippen LogP contribution in [-0.4, -0.2) is 81.3 Å². The van der Waals surface area contributed by atoms with Gasteiger partial charge in [-0.1, -0.05) is 0 Å². The Hall–Kier alpha value is -0.120. The van der Waals surface area contributed by atoms with Gasteiger partial charge in [-0.05, 0) is 20.9 Å². The average molecular weight is 399 g/mol. The summed E-state index contributed by atoms with van der Waals surface area (Å²) in [6.45, 7) is 10.1. The second kappa shape index (κ2) is 10.6. The molecular weight excluding hydrogens is 369 g/mol. The molecule has 2 unspecified atom stereocenters. The molecule has 0 aliphatic carbocycles. The normalized spacial score (nSPS) is 21.1. The van der Waals surface area contributed by atoms with Crippen LogP contribution < -0.4 is 11.1 Å². The summed E-state index contributed by atoms with van der Waals surface area (Å²) in [5.74, 6) is 0.505. The van der Waals surface area contributed by atoms with Crippen LogP contribution in [0.2, 0.25) is 0 Å². The van der Waals surface area contributed by atoms with Gasteiger partial charge in [0, 0.05) is 45.4 Å². The molecule has 1 heterocycles. The lowest BCUT2D eigenvalue weighted by atomic mass is 10.2. The maximum absolute atomic E-state index is 5.86. The number of aliphatic imine (C=N–C) groups is 1. The van der Waals surface area contributed by atoms with E-state index in [4.69, 9.17) is 10.5 Å². The summed E-state index contributed by atoms with van der Waals surface area (Å²) in [5.41, 5.74) is 5.86. The number of methoxy groups -OCH3 is 1. The highest BCUT2D eigenvalue weighted by Crippen LogP contribution is 2.04. The van der Waals surface area contributed by atoms with Crippen LogP contribution in [0, 0.1) is 0 Å². The molecule has 0 spiro atoms. The predicted molar refractivity (Wildman–Crippen MR) is 94.9 cm³/mol. The molecule has 1 aliphatic heterocycles. The zero-order valence-corrected chi connectivity index (χ0v) is 15.5. The third-order valence-corrected chi connectivity index (χ3v) is 3.50. The SMILES string of the molecule is COCC(C)NC(N)=NCC(C)N1CCN(C)CC1.I. The lowest BCUT2D eigenvalue weighted by molar-refractivity contribution is 0.122. The van der Waals surface area contributed by atoms with Crippen LogP contribution in [0.3, 0.4) is 0 Å². The first-order chi connectivity index (χ1) is 9.02. The molecular formula is C13H30IN5O. The molecule has 2 atom stereocenters. The molecule has 0 radical (unpaired) electrons. The molecule has 1 saturated heterocycles. The van der Waals surface area contributed by atoms with E-state index in [-0.39, 0.29) is 30.0 Å². The van der Waals surface area contributed by atoms with Gasteiger partial charge < -0.3 is 20.7 Å². The fourth-order valence-corrected chi connectivity index (χ4v) is 2.20. The molecule has 0 amide bonds. The summed E-state index contributed by atoms with van der Waals surface area (Å²) in [5, 5.41) is 3.12. The van der Waals surface area contributed by atoms with Crippen LogP contribution in [0.4, 0.5) is 0 Å². The van der Waals surface area contributed by atoms with E-state index in [9.17, 15) is 0 Å². The molecule has 0 aromatic carbocycles. The first-order valence-corrected chi connectivity index (χ1v) is 7.01. The van der Waals surface area contributed by atoms with Crippen LogP contribution in [0.5, 0.6) is 0 Å². The zero-order chi connectivity index (χ0) is 14.3. The Kier molecular flexibility index (Phi) is 10.5. The highest BCUT2D eigenvalue weighted by atomic mass is 127. The summed E-state index contributed by atoms with van der Waals surface area (Å²) < 4.78 is 5.05. The maximum Gasteiger partial charge on any atom is 0.188 e. The molecule has 1 rings (SSSR count). The smallest absolute Gasteiger partial charge is 0.188 e. The average Bonchev–Trinajstić information content (AvgIpc) is 2.37. The minimum Gasteiger partial charge on any atom is -0.383 e. The van der Waals surface area contributed by atoms with E-state index in [2.05, 4.69) is 34.1 Å². The Bertz CT molecular complexity index is 282. The molecule has 1 fully saturated rings. The number of nitrogens with zero attached hydrogens (tertiary/aromatic N) is 3. The third-order valence-electron chi connectivity index (χ3n) is 3.50. The van der Waals surface area contributed by atoms with Gasteiger partial charge in [-0.3, -0.25) is 9.89 Å². The zero-order valence-electron chi connectivity index (χ0n) is 13.1. The molecule has 120 valence electrons. The quantitative estimate of drug-likeness (QED) is 0.379. The predicted octanol–water partition coefficient (Wildman–Crippen LogP) is 0.180. The number of nitrogens with two attached hydrogens (primary N) is 1. The van der Waals surface area contributed by atoms with Gasteiger partial charge in [0.25, 0.3) is 0 Å². The molecule has 6 nitrogen and oxygen atoms in total. The minimum atomic E-state index is 0. The van der Waals surface area contributed by atoms with Crippen molar-refractivity contribution >= 4 is 29.9 Å². The van der Waals surface area contributed by atoms with E-state index in [0.29, 0.717) is 18.6 Å². The molecule has 3 N–H and O–H groups in total. The first-order valence-electron chi connectivity index (χ1n) is 7.01. The monoisotopic (exact) mass is 399 g/mol. The van der Waals surface area contributed by atoms with Gasteiger partial charge in [-0.15, -0.1) is 24.0 Å². The van der Waals surface area contributed by atoms with E-state index in [1.165, 1.54) is 0 Å². The van der Waals surface area contributed by atoms with Crippen molar-refractivity contribution in [3.8, 4) is 0 Å². The Labute approximate surface area is 140 Å². The van der Waals surface area contributed by atoms with E-state index in [0.717, 1.165) is 32.7 Å². The lowest BCUT2D eigenvalue weighted by Gasteiger charge is -2.35. The van der Waals surface area contributed by atoms with Crippen molar-refractivity contribution in [2.75, 3.05) is 53.5 Å². The number of ether oxygens (including phenoxy) is 1. The summed E-state index contributed by atoms with van der Waals surface area (Å²) in [6.07, 6.45) is 0. The Morgan fingerprint density at radius 1 is 1.30 bits per heavy atom. The number of halogens is 1. The van der Waals surface area contributed by atoms with E-state index >= 15 is 0 Å². The van der Waals surface area contributed by atoms with Gasteiger partial charge in [0.1, 0.15) is 0 Å². The van der Waals surface area contributed by atoms with E-state index < -0.39 is 0 Å². The number of likely N-dealkylation sites (N-methyl/N-ethyl adjacent to an activating group) is 1. The first kappa shape index (κ1) is 19.9. The maximum atomic E-state index is 5.86. The molecule has 7 heteroatoms. The number of nitrogens with one attached hydrogen (secondary N) is 1. The molecule has 1 aliphatic rings. The van der Waals surface area contributed by atoms with Gasteiger partial charge >= 0.3 is 0 Å². The Morgan fingerprint density at radius 3 is 2.45 bits per heavy atom. The second-order valence-electron chi connectivity index (χ2n) is 5.41. The molecule has 0 aromatic rings. The standard InChI is InChI=1S/C13H29N5O.HI/c1-11(10-19-4)16-13(14)15-9-12(2)18-7-5-17(3)6-8-18;/h11-12H,5-10H2,1-4H3,(H3,14,15,16);1H. The molecule has 0 aromatic heterocycles. The minimum absolute atomic E-state index is 0. The largest absolute Gasteiger partial charge is 0.383 e. The number of rotatable bonds is 6. The Balaban J connectivity index is 0.00000361. The Morgan fingerprint density at radius 2 is 1.90 bits per heavy atom. The molecule has 20 heavy (non-hydrogen) atoms. The fourth-order valence-electron chi connectivity index (χ4n) is 2.20.